The lowest BCUT2D eigenvalue weighted by Gasteiger charge is -2.36. The quantitative estimate of drug-likeness (QED) is 0.580. The Kier molecular flexibility index (Phi) is 1.94. The summed E-state index contributed by atoms with van der Waals surface area (Å²) in [5.41, 5.74) is 6.30. The molecule has 1 fully saturated rings. The molecule has 2 heteroatoms. The van der Waals surface area contributed by atoms with E-state index in [-0.39, 0.29) is 5.16 Å². The Balaban J connectivity index is 2.67. The highest BCUT2D eigenvalue weighted by Gasteiger charge is 2.41. The van der Waals surface area contributed by atoms with Gasteiger partial charge in [0.25, 0.3) is 0 Å². The average molecular weight is 157 g/mol. The minimum atomic E-state index is -1.07. The molecular weight excluding hydrogens is 138 g/mol. The van der Waals surface area contributed by atoms with E-state index in [0.29, 0.717) is 0 Å². The fraction of sp³-hybridized carbons (Fsp3) is 1.00. The molecule has 1 saturated carbocycles. The van der Waals surface area contributed by atoms with Gasteiger partial charge in [0.15, 0.2) is 0 Å². The molecule has 60 valence electrons. The molecule has 0 aromatic carbocycles. The standard InChI is InChI=1S/C8H19NSi/c1-10(2,3)8(9)6-4-5-7-8/h4-7,9H2,1-3H3. The molecule has 0 aromatic rings. The first-order valence-corrected chi connectivity index (χ1v) is 7.75. The summed E-state index contributed by atoms with van der Waals surface area (Å²) in [4.78, 5) is 0. The minimum Gasteiger partial charge on any atom is -0.328 e. The third-order valence-electron chi connectivity index (χ3n) is 2.99. The van der Waals surface area contributed by atoms with Crippen LogP contribution in [0.4, 0.5) is 0 Å². The molecule has 2 N–H and O–H groups in total. The summed E-state index contributed by atoms with van der Waals surface area (Å²) in [7, 11) is -1.07. The van der Waals surface area contributed by atoms with Crippen molar-refractivity contribution in [1.29, 1.82) is 0 Å². The van der Waals surface area contributed by atoms with Gasteiger partial charge >= 0.3 is 0 Å². The van der Waals surface area contributed by atoms with Gasteiger partial charge in [-0.2, -0.15) is 0 Å². The van der Waals surface area contributed by atoms with Gasteiger partial charge < -0.3 is 5.73 Å². The van der Waals surface area contributed by atoms with Crippen LogP contribution in [0.15, 0.2) is 0 Å². The molecule has 1 nitrogen and oxygen atoms in total. The molecule has 0 radical (unpaired) electrons. The summed E-state index contributed by atoms with van der Waals surface area (Å²) < 4.78 is 0. The topological polar surface area (TPSA) is 26.0 Å². The number of nitrogens with two attached hydrogens (primary N) is 1. The molecule has 1 aliphatic rings. The van der Waals surface area contributed by atoms with Crippen molar-refractivity contribution in [3.63, 3.8) is 0 Å². The lowest BCUT2D eigenvalue weighted by Crippen LogP contribution is -2.57. The highest BCUT2D eigenvalue weighted by Crippen LogP contribution is 2.34. The van der Waals surface area contributed by atoms with Crippen molar-refractivity contribution in [1.82, 2.24) is 0 Å². The zero-order valence-corrected chi connectivity index (χ0v) is 8.41. The second kappa shape index (κ2) is 2.34. The smallest absolute Gasteiger partial charge is 0.0671 e. The van der Waals surface area contributed by atoms with Gasteiger partial charge in [0.2, 0.25) is 0 Å². The largest absolute Gasteiger partial charge is 0.328 e. The maximum absolute atomic E-state index is 6.30. The first-order valence-electron chi connectivity index (χ1n) is 4.25. The fourth-order valence-electron chi connectivity index (χ4n) is 1.76. The fourth-order valence-corrected chi connectivity index (χ4v) is 3.61. The zero-order chi connectivity index (χ0) is 7.83. The lowest BCUT2D eigenvalue weighted by atomic mass is 10.3. The summed E-state index contributed by atoms with van der Waals surface area (Å²) in [6.45, 7) is 7.16. The van der Waals surface area contributed by atoms with Crippen LogP contribution in [0.25, 0.3) is 0 Å². The lowest BCUT2D eigenvalue weighted by molar-refractivity contribution is 0.592. The van der Waals surface area contributed by atoms with Crippen molar-refractivity contribution >= 4 is 8.07 Å². The summed E-state index contributed by atoms with van der Waals surface area (Å²) in [6, 6.07) is 0. The van der Waals surface area contributed by atoms with Gasteiger partial charge in [-0.15, -0.1) is 0 Å². The first kappa shape index (κ1) is 8.28. The number of rotatable bonds is 1. The van der Waals surface area contributed by atoms with Crippen molar-refractivity contribution in [3.05, 3.63) is 0 Å². The van der Waals surface area contributed by atoms with Crippen LogP contribution in [0.3, 0.4) is 0 Å². The molecule has 0 atom stereocenters. The Hall–Kier alpha value is 0.177. The molecule has 0 bridgehead atoms. The van der Waals surface area contributed by atoms with Gasteiger partial charge in [0.1, 0.15) is 0 Å². The first-order chi connectivity index (χ1) is 4.46. The molecule has 0 heterocycles. The number of hydrogen-bond acceptors (Lipinski definition) is 1. The van der Waals surface area contributed by atoms with Crippen molar-refractivity contribution in [2.24, 2.45) is 5.73 Å². The second-order valence-corrected chi connectivity index (χ2v) is 10.1. The van der Waals surface area contributed by atoms with Gasteiger partial charge in [0.05, 0.1) is 8.07 Å². The van der Waals surface area contributed by atoms with Crippen LogP contribution in [0, 0.1) is 0 Å². The molecule has 0 saturated heterocycles. The SMILES string of the molecule is C[Si](C)(C)C1(N)CCCC1. The average Bonchev–Trinajstić information content (AvgIpc) is 2.13. The Morgan fingerprint density at radius 1 is 1.10 bits per heavy atom. The van der Waals surface area contributed by atoms with Crippen LogP contribution in [-0.4, -0.2) is 13.2 Å². The van der Waals surface area contributed by atoms with Crippen molar-refractivity contribution in [3.8, 4) is 0 Å². The Morgan fingerprint density at radius 3 is 1.70 bits per heavy atom. The van der Waals surface area contributed by atoms with Crippen LogP contribution < -0.4 is 5.73 Å². The molecule has 0 unspecified atom stereocenters. The van der Waals surface area contributed by atoms with Crippen molar-refractivity contribution < 1.29 is 0 Å². The van der Waals surface area contributed by atoms with E-state index in [2.05, 4.69) is 19.6 Å². The Morgan fingerprint density at radius 2 is 1.50 bits per heavy atom. The summed E-state index contributed by atoms with van der Waals surface area (Å²) in [6.07, 6.45) is 5.28. The van der Waals surface area contributed by atoms with Gasteiger partial charge in [-0.1, -0.05) is 32.5 Å². The molecule has 1 aliphatic carbocycles. The van der Waals surface area contributed by atoms with Crippen molar-refractivity contribution in [2.75, 3.05) is 0 Å². The molecule has 0 aliphatic heterocycles. The minimum absolute atomic E-state index is 0.271. The second-order valence-electron chi connectivity index (χ2n) is 4.61. The van der Waals surface area contributed by atoms with E-state index < -0.39 is 8.07 Å². The van der Waals surface area contributed by atoms with Crippen LogP contribution in [0.5, 0.6) is 0 Å². The van der Waals surface area contributed by atoms with E-state index in [0.717, 1.165) is 0 Å². The van der Waals surface area contributed by atoms with Gasteiger partial charge in [-0.05, 0) is 12.8 Å². The van der Waals surface area contributed by atoms with E-state index in [1.54, 1.807) is 0 Å². The number of hydrogen-bond donors (Lipinski definition) is 1. The molecule has 0 spiro atoms. The Labute approximate surface area is 65.0 Å². The summed E-state index contributed by atoms with van der Waals surface area (Å²) in [5, 5.41) is 0.271. The molecular formula is C8H19NSi. The third-order valence-corrected chi connectivity index (χ3v) is 6.48. The van der Waals surface area contributed by atoms with E-state index in [9.17, 15) is 0 Å². The maximum atomic E-state index is 6.30. The van der Waals surface area contributed by atoms with E-state index in [4.69, 9.17) is 5.73 Å². The predicted octanol–water partition coefficient (Wildman–Crippen LogP) is 2.14. The molecule has 10 heavy (non-hydrogen) atoms. The highest BCUT2D eigenvalue weighted by atomic mass is 28.3. The van der Waals surface area contributed by atoms with E-state index >= 15 is 0 Å². The summed E-state index contributed by atoms with van der Waals surface area (Å²) in [5.74, 6) is 0. The van der Waals surface area contributed by atoms with Crippen LogP contribution in [0.2, 0.25) is 19.6 Å². The Bertz CT molecular complexity index is 120. The predicted molar refractivity (Wildman–Crippen MR) is 48.7 cm³/mol. The van der Waals surface area contributed by atoms with Crippen molar-refractivity contribution in [2.45, 2.75) is 50.5 Å². The van der Waals surface area contributed by atoms with Crippen LogP contribution in [-0.2, 0) is 0 Å². The molecule has 0 amide bonds. The monoisotopic (exact) mass is 157 g/mol. The van der Waals surface area contributed by atoms with E-state index in [1.807, 2.05) is 0 Å². The van der Waals surface area contributed by atoms with E-state index in [1.165, 1.54) is 25.7 Å². The summed E-state index contributed by atoms with van der Waals surface area (Å²) >= 11 is 0. The van der Waals surface area contributed by atoms with Gasteiger partial charge in [-0.3, -0.25) is 0 Å². The molecule has 1 rings (SSSR count). The van der Waals surface area contributed by atoms with Gasteiger partial charge in [0, 0.05) is 5.16 Å². The maximum Gasteiger partial charge on any atom is 0.0671 e. The zero-order valence-electron chi connectivity index (χ0n) is 7.41. The third kappa shape index (κ3) is 1.27. The molecule has 0 aromatic heterocycles. The normalized spacial score (nSPS) is 25.2. The van der Waals surface area contributed by atoms with Crippen LogP contribution >= 0.6 is 0 Å². The highest BCUT2D eigenvalue weighted by molar-refractivity contribution is 6.79. The van der Waals surface area contributed by atoms with Gasteiger partial charge in [-0.25, -0.2) is 0 Å². The van der Waals surface area contributed by atoms with Crippen LogP contribution in [0.1, 0.15) is 25.7 Å².